The molecule has 1 heterocycles. The van der Waals surface area contributed by atoms with Gasteiger partial charge in [-0.15, -0.1) is 0 Å². The summed E-state index contributed by atoms with van der Waals surface area (Å²) in [6.07, 6.45) is 1.46. The molecule has 0 aliphatic heterocycles. The maximum Gasteiger partial charge on any atom is 0.354 e. The van der Waals surface area contributed by atoms with Crippen molar-refractivity contribution < 1.29 is 9.90 Å². The Balaban J connectivity index is 2.73. The first-order chi connectivity index (χ1) is 8.02. The Morgan fingerprint density at radius 2 is 1.94 bits per heavy atom. The number of rotatable bonds is 2. The zero-order valence-corrected chi connectivity index (χ0v) is 10.3. The van der Waals surface area contributed by atoms with E-state index in [1.54, 1.807) is 25.1 Å². The molecule has 0 aliphatic carbocycles. The number of hydrogen-bond acceptors (Lipinski definition) is 2. The van der Waals surface area contributed by atoms with Crippen LogP contribution in [0.4, 0.5) is 0 Å². The van der Waals surface area contributed by atoms with E-state index in [1.165, 1.54) is 10.9 Å². The van der Waals surface area contributed by atoms with E-state index in [4.69, 9.17) is 28.3 Å². The molecule has 1 aromatic carbocycles. The van der Waals surface area contributed by atoms with Crippen LogP contribution in [0.5, 0.6) is 0 Å². The predicted molar refractivity (Wildman–Crippen MR) is 65.3 cm³/mol. The molecule has 0 bridgehead atoms. The molecule has 4 nitrogen and oxygen atoms in total. The molecule has 6 heteroatoms. The Hall–Kier alpha value is -1.52. The minimum absolute atomic E-state index is 0.0556. The number of carbonyl (C=O) groups is 1. The van der Waals surface area contributed by atoms with E-state index < -0.39 is 5.97 Å². The van der Waals surface area contributed by atoms with Gasteiger partial charge in [0, 0.05) is 5.56 Å². The highest BCUT2D eigenvalue weighted by Gasteiger charge is 2.19. The van der Waals surface area contributed by atoms with E-state index in [2.05, 4.69) is 5.10 Å². The van der Waals surface area contributed by atoms with E-state index in [0.717, 1.165) is 0 Å². The topological polar surface area (TPSA) is 55.1 Å². The quantitative estimate of drug-likeness (QED) is 0.912. The van der Waals surface area contributed by atoms with E-state index in [9.17, 15) is 4.79 Å². The molecule has 0 spiro atoms. The van der Waals surface area contributed by atoms with Gasteiger partial charge >= 0.3 is 5.97 Å². The van der Waals surface area contributed by atoms with Gasteiger partial charge in [-0.25, -0.2) is 9.48 Å². The molecule has 0 radical (unpaired) electrons. The monoisotopic (exact) mass is 270 g/mol. The van der Waals surface area contributed by atoms with E-state index in [0.29, 0.717) is 21.3 Å². The molecule has 1 aromatic heterocycles. The van der Waals surface area contributed by atoms with Crippen LogP contribution in [-0.2, 0) is 0 Å². The fourth-order valence-corrected chi connectivity index (χ4v) is 2.11. The van der Waals surface area contributed by atoms with Crippen LogP contribution in [0, 0.1) is 6.92 Å². The molecule has 2 rings (SSSR count). The zero-order valence-electron chi connectivity index (χ0n) is 8.82. The first-order valence-corrected chi connectivity index (χ1v) is 5.50. The van der Waals surface area contributed by atoms with Crippen LogP contribution in [0.1, 0.15) is 16.1 Å². The Morgan fingerprint density at radius 1 is 1.35 bits per heavy atom. The van der Waals surface area contributed by atoms with Gasteiger partial charge in [0.2, 0.25) is 0 Å². The van der Waals surface area contributed by atoms with Crippen molar-refractivity contribution in [3.63, 3.8) is 0 Å². The van der Waals surface area contributed by atoms with Crippen LogP contribution in [0.3, 0.4) is 0 Å². The van der Waals surface area contributed by atoms with Crippen molar-refractivity contribution >= 4 is 29.2 Å². The number of halogens is 2. The second-order valence-corrected chi connectivity index (χ2v) is 4.28. The van der Waals surface area contributed by atoms with Crippen molar-refractivity contribution in [2.45, 2.75) is 6.92 Å². The molecule has 88 valence electrons. The number of aromatic carboxylic acids is 1. The van der Waals surface area contributed by atoms with E-state index in [-0.39, 0.29) is 5.69 Å². The molecule has 0 saturated carbocycles. The molecule has 0 unspecified atom stereocenters. The average molecular weight is 271 g/mol. The van der Waals surface area contributed by atoms with Crippen LogP contribution >= 0.6 is 23.2 Å². The second-order valence-electron chi connectivity index (χ2n) is 3.46. The lowest BCUT2D eigenvalue weighted by atomic mass is 10.2. The van der Waals surface area contributed by atoms with Crippen molar-refractivity contribution in [2.24, 2.45) is 0 Å². The number of nitrogens with zero attached hydrogens (tertiary/aromatic N) is 2. The molecule has 0 aliphatic rings. The Morgan fingerprint density at radius 3 is 2.47 bits per heavy atom. The fourth-order valence-electron chi connectivity index (χ4n) is 1.55. The molecular formula is C11H8Cl2N2O2. The summed E-state index contributed by atoms with van der Waals surface area (Å²) < 4.78 is 1.24. The van der Waals surface area contributed by atoms with Gasteiger partial charge in [-0.05, 0) is 19.1 Å². The van der Waals surface area contributed by atoms with Gasteiger partial charge < -0.3 is 5.11 Å². The van der Waals surface area contributed by atoms with Crippen LogP contribution in [-0.4, -0.2) is 20.9 Å². The number of aryl methyl sites for hydroxylation is 1. The fraction of sp³-hybridized carbons (Fsp3) is 0.0909. The van der Waals surface area contributed by atoms with Crippen LogP contribution < -0.4 is 0 Å². The highest BCUT2D eigenvalue weighted by molar-refractivity contribution is 6.37. The van der Waals surface area contributed by atoms with Crippen molar-refractivity contribution in [1.82, 2.24) is 9.78 Å². The van der Waals surface area contributed by atoms with E-state index >= 15 is 0 Å². The van der Waals surface area contributed by atoms with Gasteiger partial charge in [-0.1, -0.05) is 29.3 Å². The van der Waals surface area contributed by atoms with Gasteiger partial charge in [-0.2, -0.15) is 5.10 Å². The first kappa shape index (κ1) is 12.0. The van der Waals surface area contributed by atoms with Crippen molar-refractivity contribution in [3.8, 4) is 5.69 Å². The minimum atomic E-state index is -1.07. The lowest BCUT2D eigenvalue weighted by Gasteiger charge is -2.09. The maximum absolute atomic E-state index is 11.2. The molecule has 0 fully saturated rings. The van der Waals surface area contributed by atoms with E-state index in [1.807, 2.05) is 0 Å². The van der Waals surface area contributed by atoms with Crippen LogP contribution in [0.15, 0.2) is 24.4 Å². The zero-order chi connectivity index (χ0) is 12.6. The number of benzene rings is 1. The summed E-state index contributed by atoms with van der Waals surface area (Å²) in [4.78, 5) is 11.2. The lowest BCUT2D eigenvalue weighted by molar-refractivity contribution is 0.0686. The summed E-state index contributed by atoms with van der Waals surface area (Å²) in [5.74, 6) is -1.07. The molecule has 0 amide bonds. The van der Waals surface area contributed by atoms with Gasteiger partial charge in [-0.3, -0.25) is 0 Å². The lowest BCUT2D eigenvalue weighted by Crippen LogP contribution is -2.10. The largest absolute Gasteiger partial charge is 0.477 e. The predicted octanol–water partition coefficient (Wildman–Crippen LogP) is 3.19. The molecule has 1 N–H and O–H groups in total. The SMILES string of the molecule is Cc1cnn(-c2c(Cl)cccc2Cl)c1C(=O)O. The van der Waals surface area contributed by atoms with Crippen LogP contribution in [0.2, 0.25) is 10.0 Å². The minimum Gasteiger partial charge on any atom is -0.477 e. The summed E-state index contributed by atoms with van der Waals surface area (Å²) in [7, 11) is 0. The molecule has 2 aromatic rings. The first-order valence-electron chi connectivity index (χ1n) is 4.74. The molecule has 17 heavy (non-hydrogen) atoms. The molecular weight excluding hydrogens is 263 g/mol. The number of para-hydroxylation sites is 1. The Bertz CT molecular complexity index is 573. The molecule has 0 saturated heterocycles. The summed E-state index contributed by atoms with van der Waals surface area (Å²) >= 11 is 12.0. The van der Waals surface area contributed by atoms with Crippen molar-refractivity contribution in [2.75, 3.05) is 0 Å². The third-order valence-corrected chi connectivity index (χ3v) is 2.91. The van der Waals surface area contributed by atoms with Crippen LogP contribution in [0.25, 0.3) is 5.69 Å². The van der Waals surface area contributed by atoms with Gasteiger partial charge in [0.25, 0.3) is 0 Å². The Kier molecular flexibility index (Phi) is 3.09. The highest BCUT2D eigenvalue weighted by Crippen LogP contribution is 2.29. The normalized spacial score (nSPS) is 10.5. The van der Waals surface area contributed by atoms with Crippen molar-refractivity contribution in [1.29, 1.82) is 0 Å². The average Bonchev–Trinajstić information content (AvgIpc) is 2.60. The number of aromatic nitrogens is 2. The second kappa shape index (κ2) is 4.39. The standard InChI is InChI=1S/C11H8Cl2N2O2/c1-6-5-14-15(9(6)11(16)17)10-7(12)3-2-4-8(10)13/h2-5H,1H3,(H,16,17). The number of carboxylic acids is 1. The Labute approximate surface area is 107 Å². The summed E-state index contributed by atoms with van der Waals surface area (Å²) in [6, 6.07) is 4.95. The van der Waals surface area contributed by atoms with Crippen molar-refractivity contribution in [3.05, 3.63) is 45.7 Å². The number of hydrogen-bond donors (Lipinski definition) is 1. The van der Waals surface area contributed by atoms with Gasteiger partial charge in [0.15, 0.2) is 5.69 Å². The number of carboxylic acid groups (broad SMARTS) is 1. The van der Waals surface area contributed by atoms with Gasteiger partial charge in [0.1, 0.15) is 5.69 Å². The molecule has 0 atom stereocenters. The maximum atomic E-state index is 11.2. The summed E-state index contributed by atoms with van der Waals surface area (Å²) in [5, 5.41) is 13.8. The third-order valence-electron chi connectivity index (χ3n) is 2.30. The summed E-state index contributed by atoms with van der Waals surface area (Å²) in [6.45, 7) is 1.66. The smallest absolute Gasteiger partial charge is 0.354 e. The highest BCUT2D eigenvalue weighted by atomic mass is 35.5. The van der Waals surface area contributed by atoms with Gasteiger partial charge in [0.05, 0.1) is 16.2 Å². The summed E-state index contributed by atoms with van der Waals surface area (Å²) in [5.41, 5.74) is 0.981. The third kappa shape index (κ3) is 2.01.